The van der Waals surface area contributed by atoms with Gasteiger partial charge in [-0.15, -0.1) is 0 Å². The lowest BCUT2D eigenvalue weighted by atomic mass is 9.87. The summed E-state index contributed by atoms with van der Waals surface area (Å²) in [4.78, 5) is 41.2. The molecule has 3 amide bonds. The van der Waals surface area contributed by atoms with Crippen molar-refractivity contribution in [2.45, 2.75) is 96.4 Å². The Morgan fingerprint density at radius 2 is 1.55 bits per heavy atom. The van der Waals surface area contributed by atoms with Crippen LogP contribution in [0.5, 0.6) is 0 Å². The molecule has 1 fully saturated rings. The Hall–Kier alpha value is -4.17. The molecule has 3 aromatic rings. The molecule has 47 heavy (non-hydrogen) atoms. The number of benzene rings is 3. The Bertz CT molecular complexity index is 1530. The number of ether oxygens (including phenoxy) is 1. The minimum atomic E-state index is -0.924. The molecule has 1 aliphatic heterocycles. The fraction of sp³-hybridized carbons (Fsp3) is 0.462. The van der Waals surface area contributed by atoms with E-state index in [9.17, 15) is 19.5 Å². The van der Waals surface area contributed by atoms with Gasteiger partial charge in [0.05, 0.1) is 12.1 Å². The number of carbonyl (C=O) groups excluding carboxylic acids is 3. The lowest BCUT2D eigenvalue weighted by Gasteiger charge is -2.32. The molecule has 0 bridgehead atoms. The Balaban J connectivity index is 1.26. The van der Waals surface area contributed by atoms with Gasteiger partial charge in [-0.2, -0.15) is 0 Å². The molecule has 0 radical (unpaired) electrons. The molecule has 2 unspecified atom stereocenters. The normalized spacial score (nSPS) is 16.5. The molecule has 3 N–H and O–H groups in total. The monoisotopic (exact) mass is 639 g/mol. The van der Waals surface area contributed by atoms with Crippen molar-refractivity contribution in [1.29, 1.82) is 0 Å². The quantitative estimate of drug-likeness (QED) is 0.261. The summed E-state index contributed by atoms with van der Waals surface area (Å²) in [5.41, 5.74) is 5.58. The first-order chi connectivity index (χ1) is 22.6. The number of amides is 3. The van der Waals surface area contributed by atoms with Gasteiger partial charge in [0.1, 0.15) is 6.61 Å². The van der Waals surface area contributed by atoms with E-state index >= 15 is 0 Å². The first-order valence-electron chi connectivity index (χ1n) is 17.0. The molecule has 1 aliphatic carbocycles. The summed E-state index contributed by atoms with van der Waals surface area (Å²) in [6.45, 7) is 6.88. The number of hydrogen-bond acceptors (Lipinski definition) is 5. The molecular weight excluding hydrogens is 590 g/mol. The van der Waals surface area contributed by atoms with Crippen LogP contribution in [0, 0.1) is 5.92 Å². The fourth-order valence-electron chi connectivity index (χ4n) is 6.58. The number of piperidine rings is 1. The summed E-state index contributed by atoms with van der Waals surface area (Å²) in [5.74, 6) is -0.594. The zero-order valence-electron chi connectivity index (χ0n) is 28.0. The Kier molecular flexibility index (Phi) is 11.4. The zero-order valence-corrected chi connectivity index (χ0v) is 28.0. The molecule has 8 heteroatoms. The number of nitrogens with zero attached hydrogens (tertiary/aromatic N) is 1. The van der Waals surface area contributed by atoms with E-state index in [1.165, 1.54) is 24.0 Å². The lowest BCUT2D eigenvalue weighted by Crippen LogP contribution is -2.50. The number of hydrogen-bond donors (Lipinski definition) is 3. The van der Waals surface area contributed by atoms with Crippen LogP contribution in [-0.4, -0.2) is 58.7 Å². The van der Waals surface area contributed by atoms with E-state index in [4.69, 9.17) is 4.74 Å². The van der Waals surface area contributed by atoms with E-state index in [0.717, 1.165) is 29.5 Å². The number of aliphatic hydroxyl groups is 1. The molecule has 5 rings (SSSR count). The third kappa shape index (κ3) is 9.67. The van der Waals surface area contributed by atoms with Crippen molar-refractivity contribution in [3.63, 3.8) is 0 Å². The highest BCUT2D eigenvalue weighted by Crippen LogP contribution is 2.25. The maximum atomic E-state index is 13.7. The number of nitrogens with one attached hydrogen (secondary N) is 2. The minimum Gasteiger partial charge on any atom is -0.445 e. The van der Waals surface area contributed by atoms with E-state index in [2.05, 4.69) is 28.8 Å². The smallest absolute Gasteiger partial charge is 0.410 e. The van der Waals surface area contributed by atoms with Gasteiger partial charge in [-0.1, -0.05) is 66.7 Å². The summed E-state index contributed by atoms with van der Waals surface area (Å²) in [6, 6.07) is 22.9. The largest absolute Gasteiger partial charge is 0.445 e. The molecule has 0 spiro atoms. The van der Waals surface area contributed by atoms with Crippen molar-refractivity contribution < 1.29 is 24.2 Å². The second kappa shape index (κ2) is 15.6. The third-order valence-corrected chi connectivity index (χ3v) is 9.17. The van der Waals surface area contributed by atoms with Gasteiger partial charge in [0.15, 0.2) is 0 Å². The zero-order chi connectivity index (χ0) is 33.4. The van der Waals surface area contributed by atoms with Crippen LogP contribution in [0.3, 0.4) is 0 Å². The lowest BCUT2D eigenvalue weighted by molar-refractivity contribution is -0.128. The van der Waals surface area contributed by atoms with Gasteiger partial charge in [0, 0.05) is 36.5 Å². The van der Waals surface area contributed by atoms with Crippen molar-refractivity contribution in [3.8, 4) is 0 Å². The molecule has 0 saturated carbocycles. The average Bonchev–Trinajstić information content (AvgIpc) is 3.06. The maximum absolute atomic E-state index is 13.7. The van der Waals surface area contributed by atoms with Crippen molar-refractivity contribution >= 4 is 17.9 Å². The Labute approximate surface area is 278 Å². The van der Waals surface area contributed by atoms with E-state index in [1.807, 2.05) is 69.3 Å². The molecule has 2 aliphatic rings. The molecule has 0 aromatic heterocycles. The van der Waals surface area contributed by atoms with Crippen LogP contribution in [0.25, 0.3) is 0 Å². The summed E-state index contributed by atoms with van der Waals surface area (Å²) >= 11 is 0. The van der Waals surface area contributed by atoms with Crippen LogP contribution < -0.4 is 10.6 Å². The number of carbonyl (C=O) groups is 3. The molecular formula is C39H49N3O5. The van der Waals surface area contributed by atoms with Crippen LogP contribution in [-0.2, 0) is 41.8 Å². The number of rotatable bonds is 10. The van der Waals surface area contributed by atoms with Gasteiger partial charge >= 0.3 is 6.09 Å². The van der Waals surface area contributed by atoms with E-state index in [-0.39, 0.29) is 36.9 Å². The van der Waals surface area contributed by atoms with Crippen LogP contribution in [0.2, 0.25) is 0 Å². The highest BCUT2D eigenvalue weighted by molar-refractivity contribution is 5.96. The Morgan fingerprint density at radius 3 is 2.28 bits per heavy atom. The SMILES string of the molecule is CC(C)(C)NC(=O)c1ccccc1CC(O)C(Cc1ccc2c(c1)CCCC2)NC(=O)C1CCN(C(=O)OCc2ccccc2)CC1. The summed E-state index contributed by atoms with van der Waals surface area (Å²) in [7, 11) is 0. The molecule has 3 aromatic carbocycles. The van der Waals surface area contributed by atoms with Crippen LogP contribution in [0.15, 0.2) is 72.8 Å². The van der Waals surface area contributed by atoms with E-state index in [1.54, 1.807) is 11.0 Å². The molecule has 1 saturated heterocycles. The van der Waals surface area contributed by atoms with Crippen molar-refractivity contribution in [3.05, 3.63) is 106 Å². The number of likely N-dealkylation sites (tertiary alicyclic amines) is 1. The van der Waals surface area contributed by atoms with Gasteiger partial charge < -0.3 is 25.4 Å². The second-order valence-electron chi connectivity index (χ2n) is 14.1. The van der Waals surface area contributed by atoms with Crippen LogP contribution >= 0.6 is 0 Å². The van der Waals surface area contributed by atoms with Crippen molar-refractivity contribution in [1.82, 2.24) is 15.5 Å². The minimum absolute atomic E-state index is 0.122. The predicted molar refractivity (Wildman–Crippen MR) is 183 cm³/mol. The fourth-order valence-corrected chi connectivity index (χ4v) is 6.58. The summed E-state index contributed by atoms with van der Waals surface area (Å²) in [6.07, 6.45) is 4.94. The number of aliphatic hydroxyl groups excluding tert-OH is 1. The van der Waals surface area contributed by atoms with Gasteiger partial charge in [0.25, 0.3) is 5.91 Å². The summed E-state index contributed by atoms with van der Waals surface area (Å²) < 4.78 is 5.50. The predicted octanol–water partition coefficient (Wildman–Crippen LogP) is 5.77. The molecule has 250 valence electrons. The maximum Gasteiger partial charge on any atom is 0.410 e. The molecule has 2 atom stereocenters. The average molecular weight is 640 g/mol. The second-order valence-corrected chi connectivity index (χ2v) is 14.1. The van der Waals surface area contributed by atoms with Gasteiger partial charge in [-0.25, -0.2) is 4.79 Å². The van der Waals surface area contributed by atoms with E-state index < -0.39 is 17.7 Å². The van der Waals surface area contributed by atoms with Gasteiger partial charge in [0.2, 0.25) is 5.91 Å². The van der Waals surface area contributed by atoms with Crippen LogP contribution in [0.4, 0.5) is 4.79 Å². The van der Waals surface area contributed by atoms with Crippen molar-refractivity contribution in [2.75, 3.05) is 13.1 Å². The summed E-state index contributed by atoms with van der Waals surface area (Å²) in [5, 5.41) is 17.9. The van der Waals surface area contributed by atoms with Gasteiger partial charge in [-0.05, 0) is 99.6 Å². The Morgan fingerprint density at radius 1 is 0.872 bits per heavy atom. The third-order valence-electron chi connectivity index (χ3n) is 9.17. The molecule has 1 heterocycles. The number of aryl methyl sites for hydroxylation is 2. The standard InChI is InChI=1S/C39H49N3O5/c1-39(2,3)41-37(45)33-16-10-9-15-32(33)25-35(43)34(24-28-17-18-29-13-7-8-14-31(29)23-28)40-36(44)30-19-21-42(22-20-30)38(46)47-26-27-11-5-4-6-12-27/h4-6,9-12,15-18,23,30,34-35,43H,7-8,13-14,19-22,24-26H2,1-3H3,(H,40,44)(H,41,45). The first kappa shape index (κ1) is 34.2. The highest BCUT2D eigenvalue weighted by Gasteiger charge is 2.32. The first-order valence-corrected chi connectivity index (χ1v) is 17.0. The van der Waals surface area contributed by atoms with Crippen molar-refractivity contribution in [2.24, 2.45) is 5.92 Å². The van der Waals surface area contributed by atoms with Crippen LogP contribution in [0.1, 0.15) is 84.6 Å². The highest BCUT2D eigenvalue weighted by atomic mass is 16.6. The molecule has 8 nitrogen and oxygen atoms in total. The van der Waals surface area contributed by atoms with Gasteiger partial charge in [-0.3, -0.25) is 9.59 Å². The number of fused-ring (bicyclic) bond motifs is 1. The topological polar surface area (TPSA) is 108 Å². The van der Waals surface area contributed by atoms with E-state index in [0.29, 0.717) is 37.9 Å².